The van der Waals surface area contributed by atoms with Crippen LogP contribution in [0.15, 0.2) is 18.3 Å². The lowest BCUT2D eigenvalue weighted by Crippen LogP contribution is -2.28. The standard InChI is InChI=1S/C13H21N3S/c1-9(2)13(3,4)8-16-11-7-10(12(14)17)5-6-15-11/h5-7,9H,8H2,1-4H3,(H2,14,17)(H,15,16). The van der Waals surface area contributed by atoms with Gasteiger partial charge in [0.25, 0.3) is 0 Å². The van der Waals surface area contributed by atoms with Crippen LogP contribution in [0.3, 0.4) is 0 Å². The number of thiocarbonyl (C=S) groups is 1. The smallest absolute Gasteiger partial charge is 0.126 e. The second-order valence-corrected chi connectivity index (χ2v) is 5.73. The van der Waals surface area contributed by atoms with Crippen LogP contribution in [0, 0.1) is 11.3 Å². The molecule has 0 fully saturated rings. The van der Waals surface area contributed by atoms with Gasteiger partial charge in [-0.15, -0.1) is 0 Å². The Morgan fingerprint density at radius 3 is 2.71 bits per heavy atom. The van der Waals surface area contributed by atoms with Crippen LogP contribution in [0.25, 0.3) is 0 Å². The zero-order valence-corrected chi connectivity index (χ0v) is 11.8. The predicted octanol–water partition coefficient (Wildman–Crippen LogP) is 2.81. The first-order valence-electron chi connectivity index (χ1n) is 5.82. The molecule has 3 nitrogen and oxygen atoms in total. The summed E-state index contributed by atoms with van der Waals surface area (Å²) in [6.45, 7) is 9.80. The minimum Gasteiger partial charge on any atom is -0.389 e. The number of nitrogens with zero attached hydrogens (tertiary/aromatic N) is 1. The zero-order chi connectivity index (χ0) is 13.1. The molecule has 1 heterocycles. The molecule has 1 aromatic rings. The molecule has 1 rings (SSSR count). The number of hydrogen-bond donors (Lipinski definition) is 2. The molecule has 0 atom stereocenters. The molecule has 0 unspecified atom stereocenters. The monoisotopic (exact) mass is 251 g/mol. The molecule has 0 amide bonds. The van der Waals surface area contributed by atoms with E-state index in [1.807, 2.05) is 12.1 Å². The van der Waals surface area contributed by atoms with E-state index in [9.17, 15) is 0 Å². The Hall–Kier alpha value is -1.16. The Morgan fingerprint density at radius 2 is 2.18 bits per heavy atom. The summed E-state index contributed by atoms with van der Waals surface area (Å²) in [5.41, 5.74) is 6.66. The molecular formula is C13H21N3S. The Balaban J connectivity index is 2.70. The lowest BCUT2D eigenvalue weighted by atomic mass is 9.81. The van der Waals surface area contributed by atoms with Crippen LogP contribution in [-0.2, 0) is 0 Å². The van der Waals surface area contributed by atoms with Crippen molar-refractivity contribution in [3.8, 4) is 0 Å². The van der Waals surface area contributed by atoms with Gasteiger partial charge >= 0.3 is 0 Å². The molecule has 94 valence electrons. The molecule has 0 saturated carbocycles. The summed E-state index contributed by atoms with van der Waals surface area (Å²) in [5.74, 6) is 1.43. The molecule has 0 radical (unpaired) electrons. The highest BCUT2D eigenvalue weighted by Gasteiger charge is 2.21. The first-order chi connectivity index (χ1) is 7.83. The van der Waals surface area contributed by atoms with Gasteiger partial charge in [0, 0.05) is 18.3 Å². The highest BCUT2D eigenvalue weighted by atomic mass is 32.1. The van der Waals surface area contributed by atoms with Crippen molar-refractivity contribution in [1.29, 1.82) is 0 Å². The van der Waals surface area contributed by atoms with E-state index in [1.54, 1.807) is 6.20 Å². The third-order valence-corrected chi connectivity index (χ3v) is 3.57. The topological polar surface area (TPSA) is 50.9 Å². The van der Waals surface area contributed by atoms with E-state index in [2.05, 4.69) is 38.0 Å². The Bertz CT molecular complexity index is 399. The molecule has 0 spiro atoms. The molecular weight excluding hydrogens is 230 g/mol. The van der Waals surface area contributed by atoms with Gasteiger partial charge in [0.2, 0.25) is 0 Å². The van der Waals surface area contributed by atoms with Crippen LogP contribution >= 0.6 is 12.2 Å². The second kappa shape index (κ2) is 5.45. The minimum atomic E-state index is 0.223. The van der Waals surface area contributed by atoms with E-state index in [1.165, 1.54) is 0 Å². The molecule has 0 aliphatic rings. The van der Waals surface area contributed by atoms with Crippen molar-refractivity contribution in [1.82, 2.24) is 4.98 Å². The fourth-order valence-electron chi connectivity index (χ4n) is 1.20. The molecule has 0 aromatic carbocycles. The maximum Gasteiger partial charge on any atom is 0.126 e. The van der Waals surface area contributed by atoms with E-state index in [-0.39, 0.29) is 5.41 Å². The van der Waals surface area contributed by atoms with Gasteiger partial charge < -0.3 is 11.1 Å². The Labute approximate surface area is 109 Å². The van der Waals surface area contributed by atoms with Crippen molar-refractivity contribution >= 4 is 23.0 Å². The van der Waals surface area contributed by atoms with Crippen LogP contribution in [0.2, 0.25) is 0 Å². The molecule has 1 aromatic heterocycles. The largest absolute Gasteiger partial charge is 0.389 e. The maximum atomic E-state index is 5.59. The van der Waals surface area contributed by atoms with Crippen molar-refractivity contribution in [2.75, 3.05) is 11.9 Å². The Kier molecular flexibility index (Phi) is 4.46. The summed E-state index contributed by atoms with van der Waals surface area (Å²) < 4.78 is 0. The fourth-order valence-corrected chi connectivity index (χ4v) is 1.33. The third kappa shape index (κ3) is 3.97. The van der Waals surface area contributed by atoms with Crippen LogP contribution in [0.5, 0.6) is 0 Å². The number of nitrogens with one attached hydrogen (secondary N) is 1. The number of pyridine rings is 1. The van der Waals surface area contributed by atoms with E-state index < -0.39 is 0 Å². The lowest BCUT2D eigenvalue weighted by Gasteiger charge is -2.29. The van der Waals surface area contributed by atoms with Gasteiger partial charge in [-0.2, -0.15) is 0 Å². The van der Waals surface area contributed by atoms with E-state index in [4.69, 9.17) is 18.0 Å². The average Bonchev–Trinajstić information content (AvgIpc) is 2.26. The van der Waals surface area contributed by atoms with Crippen molar-refractivity contribution in [2.24, 2.45) is 17.1 Å². The molecule has 3 N–H and O–H groups in total. The lowest BCUT2D eigenvalue weighted by molar-refractivity contribution is 0.269. The van der Waals surface area contributed by atoms with Crippen molar-refractivity contribution in [2.45, 2.75) is 27.7 Å². The zero-order valence-electron chi connectivity index (χ0n) is 10.9. The van der Waals surface area contributed by atoms with Gasteiger partial charge in [0.05, 0.1) is 0 Å². The Morgan fingerprint density at radius 1 is 1.53 bits per heavy atom. The molecule has 4 heteroatoms. The average molecular weight is 251 g/mol. The quantitative estimate of drug-likeness (QED) is 0.790. The summed E-state index contributed by atoms with van der Waals surface area (Å²) >= 11 is 4.94. The van der Waals surface area contributed by atoms with Crippen LogP contribution in [-0.4, -0.2) is 16.5 Å². The van der Waals surface area contributed by atoms with Crippen LogP contribution in [0.4, 0.5) is 5.82 Å². The van der Waals surface area contributed by atoms with Gasteiger partial charge in [0.15, 0.2) is 0 Å². The SMILES string of the molecule is CC(C)C(C)(C)CNc1cc(C(N)=S)ccn1. The van der Waals surface area contributed by atoms with Gasteiger partial charge in [-0.05, 0) is 23.5 Å². The summed E-state index contributed by atoms with van der Waals surface area (Å²) in [7, 11) is 0. The number of aromatic nitrogens is 1. The van der Waals surface area contributed by atoms with E-state index in [0.717, 1.165) is 17.9 Å². The number of rotatable bonds is 5. The number of nitrogens with two attached hydrogens (primary N) is 1. The maximum absolute atomic E-state index is 5.59. The first-order valence-corrected chi connectivity index (χ1v) is 6.23. The summed E-state index contributed by atoms with van der Waals surface area (Å²) in [4.78, 5) is 4.66. The van der Waals surface area contributed by atoms with E-state index in [0.29, 0.717) is 10.9 Å². The highest BCUT2D eigenvalue weighted by Crippen LogP contribution is 2.26. The fraction of sp³-hybridized carbons (Fsp3) is 0.538. The first kappa shape index (κ1) is 13.9. The van der Waals surface area contributed by atoms with Gasteiger partial charge in [-0.1, -0.05) is 39.9 Å². The van der Waals surface area contributed by atoms with Gasteiger partial charge in [-0.25, -0.2) is 4.98 Å². The van der Waals surface area contributed by atoms with Crippen molar-refractivity contribution in [3.63, 3.8) is 0 Å². The molecule has 17 heavy (non-hydrogen) atoms. The molecule has 0 aliphatic carbocycles. The normalized spacial score (nSPS) is 11.6. The van der Waals surface area contributed by atoms with Crippen LogP contribution < -0.4 is 11.1 Å². The second-order valence-electron chi connectivity index (χ2n) is 5.29. The molecule has 0 bridgehead atoms. The molecule has 0 aliphatic heterocycles. The summed E-state index contributed by atoms with van der Waals surface area (Å²) in [6.07, 6.45) is 1.72. The van der Waals surface area contributed by atoms with Crippen molar-refractivity contribution in [3.05, 3.63) is 23.9 Å². The number of anilines is 1. The third-order valence-electron chi connectivity index (χ3n) is 3.33. The van der Waals surface area contributed by atoms with Crippen LogP contribution in [0.1, 0.15) is 33.3 Å². The molecule has 0 saturated heterocycles. The summed E-state index contributed by atoms with van der Waals surface area (Å²) in [6, 6.07) is 3.71. The summed E-state index contributed by atoms with van der Waals surface area (Å²) in [5, 5.41) is 3.34. The van der Waals surface area contributed by atoms with Crippen molar-refractivity contribution < 1.29 is 0 Å². The van der Waals surface area contributed by atoms with Gasteiger partial charge in [-0.3, -0.25) is 0 Å². The highest BCUT2D eigenvalue weighted by molar-refractivity contribution is 7.80. The number of hydrogen-bond acceptors (Lipinski definition) is 3. The minimum absolute atomic E-state index is 0.223. The predicted molar refractivity (Wildman–Crippen MR) is 77.2 cm³/mol. The van der Waals surface area contributed by atoms with E-state index >= 15 is 0 Å². The van der Waals surface area contributed by atoms with Gasteiger partial charge in [0.1, 0.15) is 10.8 Å².